The predicted molar refractivity (Wildman–Crippen MR) is 135 cm³/mol. The standard InChI is InChI=1S/C20H17N7O7S3/c21-20-24-15(26-37-20)12(25-34-7-11(28)29)16(30)23-13-17(31)27-14(19(32)33)10(8-36-18(13)27)35-5-3-9-2-1-4-22-6-9/h1-6,13,18H,7-8H2,(H,23,30)(H,28,29)(H,32,33)(H2,21,24,26)/b5-3-,25-12?/t13?,18-/m0/s1. The highest BCUT2D eigenvalue weighted by Crippen LogP contribution is 2.43. The smallest absolute Gasteiger partial charge is 0.353 e. The van der Waals surface area contributed by atoms with Gasteiger partial charge in [-0.05, 0) is 23.1 Å². The minimum Gasteiger partial charge on any atom is -0.479 e. The number of anilines is 1. The van der Waals surface area contributed by atoms with Crippen molar-refractivity contribution in [1.29, 1.82) is 0 Å². The van der Waals surface area contributed by atoms with E-state index in [0.717, 1.165) is 22.0 Å². The summed E-state index contributed by atoms with van der Waals surface area (Å²) in [5.41, 5.74) is 5.75. The number of carboxylic acid groups (broad SMARTS) is 2. The molecule has 1 saturated heterocycles. The summed E-state index contributed by atoms with van der Waals surface area (Å²) in [6.45, 7) is -0.826. The van der Waals surface area contributed by atoms with Gasteiger partial charge in [0.25, 0.3) is 11.8 Å². The van der Waals surface area contributed by atoms with Gasteiger partial charge >= 0.3 is 11.9 Å². The third-order valence-electron chi connectivity index (χ3n) is 4.79. The van der Waals surface area contributed by atoms with Gasteiger partial charge in [0, 0.05) is 34.6 Å². The van der Waals surface area contributed by atoms with Crippen LogP contribution in [0.25, 0.3) is 6.08 Å². The van der Waals surface area contributed by atoms with Gasteiger partial charge in [-0.3, -0.25) is 19.5 Å². The predicted octanol–water partition coefficient (Wildman–Crippen LogP) is 0.421. The van der Waals surface area contributed by atoms with E-state index in [1.54, 1.807) is 29.9 Å². The number of thioether (sulfide) groups is 2. The van der Waals surface area contributed by atoms with Crippen LogP contribution in [0.1, 0.15) is 11.4 Å². The van der Waals surface area contributed by atoms with E-state index in [1.807, 2.05) is 6.07 Å². The SMILES string of the molecule is Nc1nc(C(=NOCC(=O)O)C(=O)NC2C(=O)N3C(C(=O)O)=C(S/C=C\c4cccnc4)CS[C@@H]23)ns1. The van der Waals surface area contributed by atoms with Crippen LogP contribution in [0.5, 0.6) is 0 Å². The van der Waals surface area contributed by atoms with Gasteiger partial charge in [0.1, 0.15) is 17.1 Å². The van der Waals surface area contributed by atoms with Gasteiger partial charge in [0.15, 0.2) is 5.13 Å². The maximum atomic E-state index is 12.9. The first-order valence-corrected chi connectivity index (χ1v) is 12.9. The Morgan fingerprint density at radius 3 is 2.84 bits per heavy atom. The zero-order valence-corrected chi connectivity index (χ0v) is 21.0. The molecule has 14 nitrogen and oxygen atoms in total. The van der Waals surface area contributed by atoms with E-state index in [0.29, 0.717) is 4.91 Å². The van der Waals surface area contributed by atoms with Crippen molar-refractivity contribution < 1.29 is 34.2 Å². The van der Waals surface area contributed by atoms with Gasteiger partial charge < -0.3 is 26.1 Å². The van der Waals surface area contributed by atoms with E-state index < -0.39 is 47.5 Å². The molecular weight excluding hydrogens is 546 g/mol. The molecule has 0 bridgehead atoms. The Bertz CT molecular complexity index is 1330. The molecule has 17 heteroatoms. The van der Waals surface area contributed by atoms with Crippen LogP contribution in [0.15, 0.2) is 45.7 Å². The maximum Gasteiger partial charge on any atom is 0.353 e. The summed E-state index contributed by atoms with van der Waals surface area (Å²) in [7, 11) is 0. The minimum absolute atomic E-state index is 0.0290. The molecule has 0 aliphatic carbocycles. The largest absolute Gasteiger partial charge is 0.479 e. The molecule has 2 atom stereocenters. The van der Waals surface area contributed by atoms with E-state index in [2.05, 4.69) is 29.7 Å². The molecule has 0 radical (unpaired) electrons. The Hall–Kier alpha value is -3.96. The van der Waals surface area contributed by atoms with Crippen molar-refractivity contribution in [3.8, 4) is 0 Å². The molecule has 37 heavy (non-hydrogen) atoms. The molecule has 4 heterocycles. The lowest BCUT2D eigenvalue weighted by Crippen LogP contribution is -2.71. The Morgan fingerprint density at radius 2 is 2.19 bits per heavy atom. The summed E-state index contributed by atoms with van der Waals surface area (Å²) in [6, 6.07) is 2.55. The highest BCUT2D eigenvalue weighted by molar-refractivity contribution is 8.08. The first-order chi connectivity index (χ1) is 17.8. The van der Waals surface area contributed by atoms with Crippen molar-refractivity contribution in [3.05, 3.63) is 51.9 Å². The molecule has 0 aromatic carbocycles. The number of nitrogens with one attached hydrogen (secondary N) is 1. The lowest BCUT2D eigenvalue weighted by Gasteiger charge is -2.49. The Labute approximate surface area is 220 Å². The zero-order chi connectivity index (χ0) is 26.5. The molecule has 5 N–H and O–H groups in total. The van der Waals surface area contributed by atoms with E-state index in [1.165, 1.54) is 23.5 Å². The second-order valence-electron chi connectivity index (χ2n) is 7.21. The average Bonchev–Trinajstić information content (AvgIpc) is 3.30. The van der Waals surface area contributed by atoms with Gasteiger partial charge in [-0.15, -0.1) is 11.8 Å². The monoisotopic (exact) mass is 563 g/mol. The number of fused-ring (bicyclic) bond motifs is 1. The first-order valence-electron chi connectivity index (χ1n) is 10.2. The van der Waals surface area contributed by atoms with E-state index >= 15 is 0 Å². The Morgan fingerprint density at radius 1 is 1.38 bits per heavy atom. The number of nitrogens with zero attached hydrogens (tertiary/aromatic N) is 5. The van der Waals surface area contributed by atoms with Gasteiger partial charge in [-0.2, -0.15) is 9.36 Å². The van der Waals surface area contributed by atoms with Crippen LogP contribution in [0, 0.1) is 0 Å². The number of β-lactam (4-membered cyclic amide) rings is 1. The van der Waals surface area contributed by atoms with Gasteiger partial charge in [-0.1, -0.05) is 23.0 Å². The van der Waals surface area contributed by atoms with Crippen LogP contribution in [0.4, 0.5) is 5.13 Å². The van der Waals surface area contributed by atoms with Crippen molar-refractivity contribution in [1.82, 2.24) is 24.6 Å². The maximum absolute atomic E-state index is 12.9. The second-order valence-corrected chi connectivity index (χ2v) is 10.1. The van der Waals surface area contributed by atoms with Crippen LogP contribution in [-0.4, -0.2) is 82.7 Å². The fourth-order valence-electron chi connectivity index (χ4n) is 3.23. The molecule has 2 amide bonds. The van der Waals surface area contributed by atoms with Crippen molar-refractivity contribution >= 4 is 75.7 Å². The fraction of sp³-hybridized carbons (Fsp3) is 0.200. The molecule has 1 fully saturated rings. The van der Waals surface area contributed by atoms with E-state index in [9.17, 15) is 24.3 Å². The average molecular weight is 564 g/mol. The molecule has 0 spiro atoms. The summed E-state index contributed by atoms with van der Waals surface area (Å²) in [6.07, 6.45) is 5.06. The number of carboxylic acids is 2. The van der Waals surface area contributed by atoms with Crippen molar-refractivity contribution in [2.24, 2.45) is 5.16 Å². The lowest BCUT2D eigenvalue weighted by molar-refractivity contribution is -0.150. The summed E-state index contributed by atoms with van der Waals surface area (Å²) in [5.74, 6) is -4.06. The molecular formula is C20H17N7O7S3. The molecule has 192 valence electrons. The molecule has 0 saturated carbocycles. The number of hydrogen-bond donors (Lipinski definition) is 4. The number of carbonyl (C=O) groups excluding carboxylic acids is 2. The molecule has 1 unspecified atom stereocenters. The number of hydrogen-bond acceptors (Lipinski definition) is 13. The van der Waals surface area contributed by atoms with Crippen LogP contribution in [0.2, 0.25) is 0 Å². The number of nitrogens with two attached hydrogens (primary N) is 1. The summed E-state index contributed by atoms with van der Waals surface area (Å²) < 4.78 is 3.87. The number of amides is 2. The quantitative estimate of drug-likeness (QED) is 0.176. The number of aliphatic carboxylic acids is 2. The van der Waals surface area contributed by atoms with Gasteiger partial charge in [-0.25, -0.2) is 9.59 Å². The normalized spacial score (nSPS) is 19.4. The Balaban J connectivity index is 1.48. The number of aromatic nitrogens is 3. The number of carbonyl (C=O) groups is 4. The van der Waals surface area contributed by atoms with Crippen molar-refractivity contribution in [2.45, 2.75) is 11.4 Å². The number of oxime groups is 1. The topological polar surface area (TPSA) is 210 Å². The van der Waals surface area contributed by atoms with Crippen LogP contribution in [-0.2, 0) is 24.0 Å². The Kier molecular flexibility index (Phi) is 8.04. The summed E-state index contributed by atoms with van der Waals surface area (Å²) in [4.78, 5) is 62.7. The summed E-state index contributed by atoms with van der Waals surface area (Å²) in [5, 5.41) is 25.6. The molecule has 2 aliphatic heterocycles. The highest BCUT2D eigenvalue weighted by atomic mass is 32.2. The molecule has 4 rings (SSSR count). The third kappa shape index (κ3) is 5.89. The summed E-state index contributed by atoms with van der Waals surface area (Å²) >= 11 is 3.24. The third-order valence-corrected chi connectivity index (χ3v) is 7.69. The minimum atomic E-state index is -1.32. The molecule has 2 aromatic rings. The lowest BCUT2D eigenvalue weighted by atomic mass is 10.0. The number of pyridine rings is 1. The van der Waals surface area contributed by atoms with E-state index in [-0.39, 0.29) is 22.4 Å². The van der Waals surface area contributed by atoms with Crippen molar-refractivity contribution in [3.63, 3.8) is 0 Å². The van der Waals surface area contributed by atoms with Crippen LogP contribution < -0.4 is 11.1 Å². The number of rotatable bonds is 10. The van der Waals surface area contributed by atoms with Gasteiger partial charge in [0.2, 0.25) is 18.1 Å². The first kappa shape index (κ1) is 26.1. The van der Waals surface area contributed by atoms with Crippen LogP contribution >= 0.6 is 35.1 Å². The van der Waals surface area contributed by atoms with Gasteiger partial charge in [0.05, 0.1) is 0 Å². The second kappa shape index (κ2) is 11.4. The van der Waals surface area contributed by atoms with Crippen molar-refractivity contribution in [2.75, 3.05) is 18.1 Å². The highest BCUT2D eigenvalue weighted by Gasteiger charge is 2.54. The van der Waals surface area contributed by atoms with E-state index in [4.69, 9.17) is 10.8 Å². The molecule has 2 aliphatic rings. The van der Waals surface area contributed by atoms with Crippen LogP contribution in [0.3, 0.4) is 0 Å². The zero-order valence-electron chi connectivity index (χ0n) is 18.5. The fourth-order valence-corrected chi connectivity index (χ4v) is 6.02. The number of nitrogen functional groups attached to an aromatic ring is 1. The molecule has 2 aromatic heterocycles.